The van der Waals surface area contributed by atoms with Gasteiger partial charge in [0.2, 0.25) is 0 Å². The first-order valence-electron chi connectivity index (χ1n) is 6.72. The summed E-state index contributed by atoms with van der Waals surface area (Å²) in [4.78, 5) is 18.5. The average Bonchev–Trinajstić information content (AvgIpc) is 2.45. The molecule has 1 aromatic carbocycles. The highest BCUT2D eigenvalue weighted by atomic mass is 35.5. The van der Waals surface area contributed by atoms with Crippen LogP contribution in [0, 0.1) is 10.1 Å². The molecule has 0 saturated heterocycles. The molecule has 0 bridgehead atoms. The van der Waals surface area contributed by atoms with Crippen molar-refractivity contribution < 1.29 is 9.92 Å². The quantitative estimate of drug-likeness (QED) is 0.457. The maximum absolute atomic E-state index is 9.98. The number of nitrogens with one attached hydrogen (secondary N) is 1. The van der Waals surface area contributed by atoms with E-state index in [1.807, 2.05) is 24.3 Å². The highest BCUT2D eigenvalue weighted by Gasteiger charge is 2.02. The van der Waals surface area contributed by atoms with Crippen molar-refractivity contribution in [2.75, 3.05) is 18.5 Å². The fourth-order valence-electron chi connectivity index (χ4n) is 2.04. The smallest absolute Gasteiger partial charge is 0.294 e. The minimum atomic E-state index is -0.757. The second-order valence-corrected chi connectivity index (χ2v) is 5.00. The third-order valence-electron chi connectivity index (χ3n) is 3.04. The summed E-state index contributed by atoms with van der Waals surface area (Å²) in [6, 6.07) is 7.53. The number of benzene rings is 1. The van der Waals surface area contributed by atoms with Crippen LogP contribution < -0.4 is 5.32 Å². The van der Waals surface area contributed by atoms with Gasteiger partial charge < -0.3 is 10.2 Å². The number of hydrogen-bond donors (Lipinski definition) is 1. The fraction of sp³-hybridized carbons (Fsp3) is 0.357. The van der Waals surface area contributed by atoms with Gasteiger partial charge in [-0.05, 0) is 43.5 Å². The standard InChI is InChI=1S/C14H16ClN3O3/c15-11-4-5-12-13(6-8-17-14(12)10-11)16-7-2-1-3-9-21-18(19)20/h4-6,8,10H,1-3,7,9H2,(H,16,17). The third kappa shape index (κ3) is 4.75. The van der Waals surface area contributed by atoms with E-state index in [0.29, 0.717) is 11.4 Å². The van der Waals surface area contributed by atoms with Crippen LogP contribution >= 0.6 is 11.6 Å². The Labute approximate surface area is 127 Å². The minimum Gasteiger partial charge on any atom is -0.384 e. The van der Waals surface area contributed by atoms with Gasteiger partial charge in [-0.2, -0.15) is 0 Å². The van der Waals surface area contributed by atoms with Gasteiger partial charge in [-0.15, -0.1) is 10.1 Å². The Kier molecular flexibility index (Phi) is 5.57. The molecular formula is C14H16ClN3O3. The number of hydrogen-bond acceptors (Lipinski definition) is 5. The summed E-state index contributed by atoms with van der Waals surface area (Å²) in [5.41, 5.74) is 1.87. The Morgan fingerprint density at radius 2 is 2.14 bits per heavy atom. The van der Waals surface area contributed by atoms with E-state index in [1.165, 1.54) is 0 Å². The average molecular weight is 310 g/mol. The number of halogens is 1. The van der Waals surface area contributed by atoms with Crippen LogP contribution in [0.2, 0.25) is 5.02 Å². The molecular weight excluding hydrogens is 294 g/mol. The molecule has 2 rings (SSSR count). The Hall–Kier alpha value is -2.08. The summed E-state index contributed by atoms with van der Waals surface area (Å²) < 4.78 is 0. The Balaban J connectivity index is 1.80. The van der Waals surface area contributed by atoms with E-state index in [1.54, 1.807) is 6.20 Å². The molecule has 0 saturated carbocycles. The molecule has 0 aliphatic carbocycles. The van der Waals surface area contributed by atoms with Crippen LogP contribution in [0.3, 0.4) is 0 Å². The molecule has 21 heavy (non-hydrogen) atoms. The summed E-state index contributed by atoms with van der Waals surface area (Å²) in [6.07, 6.45) is 4.20. The molecule has 112 valence electrons. The Morgan fingerprint density at radius 1 is 1.29 bits per heavy atom. The molecule has 7 heteroatoms. The first-order chi connectivity index (χ1) is 10.2. The lowest BCUT2D eigenvalue weighted by Crippen LogP contribution is -2.05. The van der Waals surface area contributed by atoms with Crippen molar-refractivity contribution >= 4 is 28.2 Å². The maximum atomic E-state index is 9.98. The van der Waals surface area contributed by atoms with Crippen molar-refractivity contribution in [3.8, 4) is 0 Å². The monoisotopic (exact) mass is 309 g/mol. The Morgan fingerprint density at radius 3 is 2.95 bits per heavy atom. The van der Waals surface area contributed by atoms with Gasteiger partial charge in [0.1, 0.15) is 0 Å². The number of nitrogens with zero attached hydrogens (tertiary/aromatic N) is 2. The van der Waals surface area contributed by atoms with Gasteiger partial charge in [0.15, 0.2) is 0 Å². The van der Waals surface area contributed by atoms with E-state index < -0.39 is 5.09 Å². The summed E-state index contributed by atoms with van der Waals surface area (Å²) in [7, 11) is 0. The molecule has 0 atom stereocenters. The number of pyridine rings is 1. The van der Waals surface area contributed by atoms with Gasteiger partial charge in [0.05, 0.1) is 12.1 Å². The molecule has 0 spiro atoms. The van der Waals surface area contributed by atoms with E-state index >= 15 is 0 Å². The minimum absolute atomic E-state index is 0.156. The zero-order chi connectivity index (χ0) is 15.1. The van der Waals surface area contributed by atoms with Gasteiger partial charge in [0.25, 0.3) is 5.09 Å². The molecule has 0 radical (unpaired) electrons. The second-order valence-electron chi connectivity index (χ2n) is 4.56. The summed E-state index contributed by atoms with van der Waals surface area (Å²) in [5, 5.41) is 14.3. The third-order valence-corrected chi connectivity index (χ3v) is 3.27. The van der Waals surface area contributed by atoms with Crippen LogP contribution in [0.5, 0.6) is 0 Å². The molecule has 1 N–H and O–H groups in total. The first-order valence-corrected chi connectivity index (χ1v) is 7.10. The van der Waals surface area contributed by atoms with Gasteiger partial charge in [-0.1, -0.05) is 11.6 Å². The van der Waals surface area contributed by atoms with Crippen LogP contribution in [-0.2, 0) is 4.84 Å². The molecule has 2 aromatic rings. The number of unbranched alkanes of at least 4 members (excludes halogenated alkanes) is 2. The van der Waals surface area contributed by atoms with E-state index in [4.69, 9.17) is 11.6 Å². The highest BCUT2D eigenvalue weighted by molar-refractivity contribution is 6.31. The van der Waals surface area contributed by atoms with Crippen LogP contribution in [-0.4, -0.2) is 23.2 Å². The normalized spacial score (nSPS) is 10.5. The number of aromatic nitrogens is 1. The van der Waals surface area contributed by atoms with Gasteiger partial charge in [-0.25, -0.2) is 0 Å². The van der Waals surface area contributed by atoms with E-state index in [-0.39, 0.29) is 6.61 Å². The van der Waals surface area contributed by atoms with Crippen molar-refractivity contribution in [1.82, 2.24) is 4.98 Å². The van der Waals surface area contributed by atoms with Crippen molar-refractivity contribution in [2.24, 2.45) is 0 Å². The van der Waals surface area contributed by atoms with Gasteiger partial charge >= 0.3 is 0 Å². The van der Waals surface area contributed by atoms with Crippen LogP contribution in [0.15, 0.2) is 30.5 Å². The number of rotatable bonds is 8. The predicted molar refractivity (Wildman–Crippen MR) is 82.0 cm³/mol. The molecule has 6 nitrogen and oxygen atoms in total. The summed E-state index contributed by atoms with van der Waals surface area (Å²) >= 11 is 5.95. The topological polar surface area (TPSA) is 77.3 Å². The number of anilines is 1. The molecule has 0 aliphatic rings. The predicted octanol–water partition coefficient (Wildman–Crippen LogP) is 3.68. The lowest BCUT2D eigenvalue weighted by molar-refractivity contribution is -0.757. The Bertz CT molecular complexity index is 621. The molecule has 0 aliphatic heterocycles. The van der Waals surface area contributed by atoms with E-state index in [2.05, 4.69) is 15.1 Å². The lowest BCUT2D eigenvalue weighted by atomic mass is 10.2. The fourth-order valence-corrected chi connectivity index (χ4v) is 2.21. The lowest BCUT2D eigenvalue weighted by Gasteiger charge is -2.09. The second kappa shape index (κ2) is 7.64. The van der Waals surface area contributed by atoms with Crippen LogP contribution in [0.4, 0.5) is 5.69 Å². The van der Waals surface area contributed by atoms with Crippen molar-refractivity contribution in [3.63, 3.8) is 0 Å². The van der Waals surface area contributed by atoms with Crippen LogP contribution in [0.25, 0.3) is 10.9 Å². The molecule has 0 amide bonds. The first kappa shape index (κ1) is 15.3. The van der Waals surface area contributed by atoms with Gasteiger partial charge in [-0.3, -0.25) is 4.98 Å². The van der Waals surface area contributed by atoms with E-state index in [9.17, 15) is 10.1 Å². The number of fused-ring (bicyclic) bond motifs is 1. The van der Waals surface area contributed by atoms with Crippen molar-refractivity contribution in [3.05, 3.63) is 45.6 Å². The molecule has 1 heterocycles. The molecule has 1 aromatic heterocycles. The highest BCUT2D eigenvalue weighted by Crippen LogP contribution is 2.24. The van der Waals surface area contributed by atoms with Crippen LogP contribution in [0.1, 0.15) is 19.3 Å². The van der Waals surface area contributed by atoms with E-state index in [0.717, 1.165) is 36.0 Å². The SMILES string of the molecule is O=[N+]([O-])OCCCCCNc1ccnc2cc(Cl)ccc12. The van der Waals surface area contributed by atoms with Crippen molar-refractivity contribution in [1.29, 1.82) is 0 Å². The maximum Gasteiger partial charge on any atom is 0.294 e. The zero-order valence-electron chi connectivity index (χ0n) is 11.4. The largest absolute Gasteiger partial charge is 0.384 e. The summed E-state index contributed by atoms with van der Waals surface area (Å²) in [5.74, 6) is 0. The van der Waals surface area contributed by atoms with Gasteiger partial charge in [0, 0.05) is 28.8 Å². The zero-order valence-corrected chi connectivity index (χ0v) is 12.2. The van der Waals surface area contributed by atoms with Crippen molar-refractivity contribution in [2.45, 2.75) is 19.3 Å². The molecule has 0 unspecified atom stereocenters. The molecule has 0 fully saturated rings. The summed E-state index contributed by atoms with van der Waals surface area (Å²) in [6.45, 7) is 0.948.